The number of hydrogen-bond donors (Lipinski definition) is 0. The van der Waals surface area contributed by atoms with E-state index in [1.807, 2.05) is 35.3 Å². The maximum Gasteiger partial charge on any atom is 0.137 e. The Kier molecular flexibility index (Phi) is 4.13. The highest BCUT2D eigenvalue weighted by Gasteiger charge is 2.13. The number of pyridine rings is 1. The second-order valence-electron chi connectivity index (χ2n) is 7.69. The van der Waals surface area contributed by atoms with Gasteiger partial charge in [0.05, 0.1) is 16.7 Å². The average molecular weight is 400 g/mol. The SMILES string of the molecule is c1ccc(-n2c3ccccc3c3ccc(Cc4cccc(-n5cccn5)c4)cc32)nc1. The van der Waals surface area contributed by atoms with Crippen LogP contribution in [-0.4, -0.2) is 19.3 Å². The van der Waals surface area contributed by atoms with Gasteiger partial charge in [-0.1, -0.05) is 48.5 Å². The molecule has 0 spiro atoms. The van der Waals surface area contributed by atoms with Crippen LogP contribution in [0.25, 0.3) is 33.3 Å². The summed E-state index contributed by atoms with van der Waals surface area (Å²) in [4.78, 5) is 4.63. The highest BCUT2D eigenvalue weighted by Crippen LogP contribution is 2.32. The Hall–Kier alpha value is -4.18. The number of nitrogens with zero attached hydrogens (tertiary/aromatic N) is 4. The Morgan fingerprint density at radius 2 is 1.52 bits per heavy atom. The van der Waals surface area contributed by atoms with E-state index in [9.17, 15) is 0 Å². The molecule has 0 amide bonds. The van der Waals surface area contributed by atoms with Crippen molar-refractivity contribution in [2.24, 2.45) is 0 Å². The quantitative estimate of drug-likeness (QED) is 0.366. The van der Waals surface area contributed by atoms with E-state index in [1.54, 1.807) is 6.20 Å². The van der Waals surface area contributed by atoms with Crippen molar-refractivity contribution in [3.05, 3.63) is 121 Å². The van der Waals surface area contributed by atoms with Gasteiger partial charge < -0.3 is 0 Å². The minimum Gasteiger partial charge on any atom is -0.294 e. The summed E-state index contributed by atoms with van der Waals surface area (Å²) in [7, 11) is 0. The van der Waals surface area contributed by atoms with Crippen LogP contribution >= 0.6 is 0 Å². The van der Waals surface area contributed by atoms with Crippen LogP contribution in [0.1, 0.15) is 11.1 Å². The van der Waals surface area contributed by atoms with Crippen molar-refractivity contribution < 1.29 is 0 Å². The minimum atomic E-state index is 0.856. The number of hydrogen-bond acceptors (Lipinski definition) is 2. The van der Waals surface area contributed by atoms with Crippen LogP contribution in [0.2, 0.25) is 0 Å². The predicted octanol–water partition coefficient (Wildman–Crippen LogP) is 5.96. The summed E-state index contributed by atoms with van der Waals surface area (Å²) in [6.07, 6.45) is 6.48. The molecule has 0 fully saturated rings. The number of benzene rings is 3. The summed E-state index contributed by atoms with van der Waals surface area (Å²) in [5.74, 6) is 0.937. The van der Waals surface area contributed by atoms with E-state index >= 15 is 0 Å². The number of rotatable bonds is 4. The Morgan fingerprint density at radius 3 is 2.39 bits per heavy atom. The fraction of sp³-hybridized carbons (Fsp3) is 0.0370. The summed E-state index contributed by atoms with van der Waals surface area (Å²) in [5.41, 5.74) is 5.96. The fourth-order valence-electron chi connectivity index (χ4n) is 4.33. The summed E-state index contributed by atoms with van der Waals surface area (Å²) in [6.45, 7) is 0. The van der Waals surface area contributed by atoms with Crippen LogP contribution in [0, 0.1) is 0 Å². The summed E-state index contributed by atoms with van der Waals surface area (Å²) in [5, 5.41) is 6.84. The molecule has 3 aromatic carbocycles. The fourth-order valence-corrected chi connectivity index (χ4v) is 4.33. The maximum absolute atomic E-state index is 4.63. The zero-order valence-corrected chi connectivity index (χ0v) is 16.9. The van der Waals surface area contributed by atoms with Crippen LogP contribution in [0.5, 0.6) is 0 Å². The largest absolute Gasteiger partial charge is 0.294 e. The molecular weight excluding hydrogens is 380 g/mol. The van der Waals surface area contributed by atoms with E-state index in [1.165, 1.54) is 32.9 Å². The normalized spacial score (nSPS) is 11.4. The first-order valence-corrected chi connectivity index (χ1v) is 10.4. The van der Waals surface area contributed by atoms with E-state index < -0.39 is 0 Å². The van der Waals surface area contributed by atoms with Gasteiger partial charge in [-0.05, 0) is 60.0 Å². The molecule has 0 saturated carbocycles. The van der Waals surface area contributed by atoms with Crippen LogP contribution in [0.3, 0.4) is 0 Å². The second kappa shape index (κ2) is 7.26. The molecule has 0 saturated heterocycles. The second-order valence-corrected chi connectivity index (χ2v) is 7.69. The molecule has 3 heterocycles. The van der Waals surface area contributed by atoms with Gasteiger partial charge in [-0.3, -0.25) is 4.57 Å². The Morgan fingerprint density at radius 1 is 0.645 bits per heavy atom. The van der Waals surface area contributed by atoms with Crippen LogP contribution in [0.15, 0.2) is 110 Å². The van der Waals surface area contributed by atoms with Crippen molar-refractivity contribution in [2.45, 2.75) is 6.42 Å². The standard InChI is InChI=1S/C27H20N4/c1-2-10-25-23(9-1)24-13-12-21(19-26(24)31(25)27-11-3-4-14-28-27)17-20-7-5-8-22(18-20)30-16-6-15-29-30/h1-16,18-19H,17H2. The van der Waals surface area contributed by atoms with Gasteiger partial charge in [0.15, 0.2) is 0 Å². The van der Waals surface area contributed by atoms with Crippen LogP contribution in [-0.2, 0) is 6.42 Å². The molecular formula is C27H20N4. The lowest BCUT2D eigenvalue weighted by Gasteiger charge is -2.09. The van der Waals surface area contributed by atoms with Gasteiger partial charge in [0.1, 0.15) is 5.82 Å². The molecule has 3 aromatic heterocycles. The molecule has 0 atom stereocenters. The first-order valence-electron chi connectivity index (χ1n) is 10.4. The minimum absolute atomic E-state index is 0.856. The Bertz CT molecular complexity index is 1500. The van der Waals surface area contributed by atoms with E-state index in [2.05, 4.69) is 87.4 Å². The first kappa shape index (κ1) is 17.7. The molecule has 31 heavy (non-hydrogen) atoms. The van der Waals surface area contributed by atoms with Gasteiger partial charge in [0, 0.05) is 29.4 Å². The average Bonchev–Trinajstić information content (AvgIpc) is 3.46. The zero-order valence-electron chi connectivity index (χ0n) is 16.9. The molecule has 0 N–H and O–H groups in total. The lowest BCUT2D eigenvalue weighted by Crippen LogP contribution is -1.98. The Labute approximate surface area is 180 Å². The first-order chi connectivity index (χ1) is 15.4. The molecule has 148 valence electrons. The zero-order chi connectivity index (χ0) is 20.6. The maximum atomic E-state index is 4.63. The van der Waals surface area contributed by atoms with Gasteiger partial charge in [0.2, 0.25) is 0 Å². The third-order valence-electron chi connectivity index (χ3n) is 5.70. The molecule has 6 aromatic rings. The highest BCUT2D eigenvalue weighted by atomic mass is 15.3. The smallest absolute Gasteiger partial charge is 0.137 e. The monoisotopic (exact) mass is 400 g/mol. The molecule has 0 unspecified atom stereocenters. The molecule has 0 aliphatic carbocycles. The molecule has 0 bridgehead atoms. The molecule has 6 rings (SSSR count). The highest BCUT2D eigenvalue weighted by molar-refractivity contribution is 6.09. The van der Waals surface area contributed by atoms with Gasteiger partial charge in [-0.15, -0.1) is 0 Å². The topological polar surface area (TPSA) is 35.6 Å². The van der Waals surface area contributed by atoms with Crippen molar-refractivity contribution in [1.82, 2.24) is 19.3 Å². The van der Waals surface area contributed by atoms with Crippen molar-refractivity contribution in [3.63, 3.8) is 0 Å². The predicted molar refractivity (Wildman–Crippen MR) is 125 cm³/mol. The number of fused-ring (bicyclic) bond motifs is 3. The van der Waals surface area contributed by atoms with Gasteiger partial charge in [0.25, 0.3) is 0 Å². The molecule has 0 aliphatic heterocycles. The lowest BCUT2D eigenvalue weighted by atomic mass is 10.0. The number of aromatic nitrogens is 4. The Balaban J connectivity index is 1.48. The van der Waals surface area contributed by atoms with Crippen LogP contribution < -0.4 is 0 Å². The van der Waals surface area contributed by atoms with Crippen molar-refractivity contribution in [2.75, 3.05) is 0 Å². The molecule has 4 nitrogen and oxygen atoms in total. The third kappa shape index (κ3) is 3.09. The molecule has 0 radical (unpaired) electrons. The molecule has 0 aliphatic rings. The lowest BCUT2D eigenvalue weighted by molar-refractivity contribution is 0.878. The third-order valence-corrected chi connectivity index (χ3v) is 5.70. The van der Waals surface area contributed by atoms with E-state index in [4.69, 9.17) is 0 Å². The summed E-state index contributed by atoms with van der Waals surface area (Å²) in [6, 6.07) is 31.8. The van der Waals surface area contributed by atoms with E-state index in [0.29, 0.717) is 0 Å². The van der Waals surface area contributed by atoms with Crippen molar-refractivity contribution in [1.29, 1.82) is 0 Å². The number of para-hydroxylation sites is 1. The van der Waals surface area contributed by atoms with Crippen LogP contribution in [0.4, 0.5) is 0 Å². The van der Waals surface area contributed by atoms with Gasteiger partial charge >= 0.3 is 0 Å². The summed E-state index contributed by atoms with van der Waals surface area (Å²) < 4.78 is 4.15. The van der Waals surface area contributed by atoms with Gasteiger partial charge in [-0.25, -0.2) is 9.67 Å². The summed E-state index contributed by atoms with van der Waals surface area (Å²) >= 11 is 0. The van der Waals surface area contributed by atoms with Gasteiger partial charge in [-0.2, -0.15) is 5.10 Å². The molecule has 4 heteroatoms. The van der Waals surface area contributed by atoms with E-state index in [0.717, 1.165) is 17.9 Å². The van der Waals surface area contributed by atoms with Crippen molar-refractivity contribution >= 4 is 21.8 Å². The van der Waals surface area contributed by atoms with E-state index in [-0.39, 0.29) is 0 Å². The van der Waals surface area contributed by atoms with Crippen molar-refractivity contribution in [3.8, 4) is 11.5 Å².